The number of rotatable bonds is 3. The smallest absolute Gasteiger partial charge is 0.330 e. The van der Waals surface area contributed by atoms with Crippen LogP contribution in [0, 0.1) is 0 Å². The van der Waals surface area contributed by atoms with Crippen LogP contribution in [0.4, 0.5) is 0 Å². The summed E-state index contributed by atoms with van der Waals surface area (Å²) in [5.41, 5.74) is -1.06. The van der Waals surface area contributed by atoms with E-state index in [1.165, 1.54) is 14.1 Å². The van der Waals surface area contributed by atoms with Crippen molar-refractivity contribution in [1.82, 2.24) is 18.8 Å². The third-order valence-electron chi connectivity index (χ3n) is 4.28. The number of hydrogen-bond acceptors (Lipinski definition) is 5. The lowest BCUT2D eigenvalue weighted by molar-refractivity contribution is -0.126. The molecule has 0 spiro atoms. The first-order valence-electron chi connectivity index (χ1n) is 7.86. The van der Waals surface area contributed by atoms with Crippen molar-refractivity contribution in [3.05, 3.63) is 62.9 Å². The average molecular weight is 378 g/mol. The molecule has 1 fully saturated rings. The lowest BCUT2D eigenvalue weighted by atomic mass is 10.1. The van der Waals surface area contributed by atoms with Crippen molar-refractivity contribution < 1.29 is 13.2 Å². The molecule has 1 aliphatic heterocycles. The fourth-order valence-electron chi connectivity index (χ4n) is 2.94. The predicted molar refractivity (Wildman–Crippen MR) is 93.0 cm³/mol. The molecule has 10 heteroatoms. The van der Waals surface area contributed by atoms with E-state index in [2.05, 4.69) is 5.32 Å². The summed E-state index contributed by atoms with van der Waals surface area (Å²) < 4.78 is 29.1. The zero-order chi connectivity index (χ0) is 19.1. The Morgan fingerprint density at radius 3 is 2.38 bits per heavy atom. The van der Waals surface area contributed by atoms with Crippen molar-refractivity contribution in [2.75, 3.05) is 13.1 Å². The highest BCUT2D eigenvalue weighted by atomic mass is 32.2. The third kappa shape index (κ3) is 2.86. The van der Waals surface area contributed by atoms with Crippen LogP contribution in [0.25, 0.3) is 0 Å². The Morgan fingerprint density at radius 2 is 1.73 bits per heavy atom. The van der Waals surface area contributed by atoms with Crippen LogP contribution in [-0.2, 0) is 28.9 Å². The van der Waals surface area contributed by atoms with Gasteiger partial charge in [-0.2, -0.15) is 4.31 Å². The third-order valence-corrected chi connectivity index (χ3v) is 6.13. The molecule has 1 aliphatic rings. The molecule has 0 unspecified atom stereocenters. The van der Waals surface area contributed by atoms with Crippen molar-refractivity contribution in [3.8, 4) is 0 Å². The van der Waals surface area contributed by atoms with Crippen molar-refractivity contribution >= 4 is 15.9 Å². The number of carbonyl (C=O) groups excluding carboxylic acids is 1. The number of aromatic nitrogens is 2. The average Bonchev–Trinajstić information content (AvgIpc) is 2.63. The molecule has 3 rings (SSSR count). The van der Waals surface area contributed by atoms with Crippen LogP contribution in [0.3, 0.4) is 0 Å². The van der Waals surface area contributed by atoms with Gasteiger partial charge in [-0.05, 0) is 5.56 Å². The molecule has 26 heavy (non-hydrogen) atoms. The van der Waals surface area contributed by atoms with Gasteiger partial charge in [-0.1, -0.05) is 30.3 Å². The van der Waals surface area contributed by atoms with E-state index < -0.39 is 38.1 Å². The molecule has 138 valence electrons. The van der Waals surface area contributed by atoms with E-state index in [1.54, 1.807) is 30.3 Å². The number of benzene rings is 1. The van der Waals surface area contributed by atoms with Gasteiger partial charge in [-0.15, -0.1) is 0 Å². The maximum absolute atomic E-state index is 13.2. The minimum Gasteiger partial charge on any atom is -0.353 e. The summed E-state index contributed by atoms with van der Waals surface area (Å²) in [7, 11) is -1.74. The number of amides is 1. The highest BCUT2D eigenvalue weighted by molar-refractivity contribution is 7.89. The molecule has 1 atom stereocenters. The molecule has 0 aliphatic carbocycles. The van der Waals surface area contributed by atoms with E-state index in [1.807, 2.05) is 0 Å². The van der Waals surface area contributed by atoms with Gasteiger partial charge in [0, 0.05) is 33.4 Å². The maximum Gasteiger partial charge on any atom is 0.330 e. The number of piperazine rings is 1. The van der Waals surface area contributed by atoms with Crippen LogP contribution < -0.4 is 16.6 Å². The SMILES string of the molecule is Cn1cc(S(=O)(=O)N2CCNC(=O)[C@H]2c2ccccc2)c(=O)n(C)c1=O. The number of aryl methyl sites for hydroxylation is 1. The van der Waals surface area contributed by atoms with Gasteiger partial charge < -0.3 is 9.88 Å². The van der Waals surface area contributed by atoms with Gasteiger partial charge in [-0.25, -0.2) is 13.2 Å². The van der Waals surface area contributed by atoms with Crippen molar-refractivity contribution in [2.24, 2.45) is 14.1 Å². The van der Waals surface area contributed by atoms with Crippen molar-refractivity contribution in [1.29, 1.82) is 0 Å². The second-order valence-corrected chi connectivity index (χ2v) is 7.83. The summed E-state index contributed by atoms with van der Waals surface area (Å²) in [6.07, 6.45) is 0.995. The van der Waals surface area contributed by atoms with E-state index >= 15 is 0 Å². The first-order chi connectivity index (χ1) is 12.2. The lowest BCUT2D eigenvalue weighted by Gasteiger charge is -2.34. The Labute approximate surface area is 149 Å². The Balaban J connectivity index is 2.18. The molecule has 1 aromatic carbocycles. The zero-order valence-corrected chi connectivity index (χ0v) is 15.1. The lowest BCUT2D eigenvalue weighted by Crippen LogP contribution is -2.53. The summed E-state index contributed by atoms with van der Waals surface area (Å²) in [5, 5.41) is 2.65. The molecule has 2 aromatic rings. The van der Waals surface area contributed by atoms with E-state index in [-0.39, 0.29) is 13.1 Å². The Hall–Kier alpha value is -2.72. The fraction of sp³-hybridized carbons (Fsp3) is 0.312. The standard InChI is InChI=1S/C16H18N4O5S/c1-18-10-12(15(22)19(2)16(18)23)26(24,25)20-9-8-17-14(21)13(20)11-6-4-3-5-7-11/h3-7,10,13H,8-9H2,1-2H3,(H,17,21)/t13-/m1/s1. The monoisotopic (exact) mass is 378 g/mol. The molecule has 0 radical (unpaired) electrons. The van der Waals surface area contributed by atoms with Gasteiger partial charge in [0.2, 0.25) is 5.91 Å². The van der Waals surface area contributed by atoms with E-state index in [4.69, 9.17) is 0 Å². The molecule has 1 N–H and O–H groups in total. The Bertz CT molecular complexity index is 1070. The Kier molecular flexibility index (Phi) is 4.55. The number of carbonyl (C=O) groups is 1. The van der Waals surface area contributed by atoms with Gasteiger partial charge in [0.05, 0.1) is 0 Å². The zero-order valence-electron chi connectivity index (χ0n) is 14.2. The first kappa shape index (κ1) is 18.1. The molecule has 1 amide bonds. The van der Waals surface area contributed by atoms with E-state index in [0.29, 0.717) is 5.56 Å². The van der Waals surface area contributed by atoms with Crippen molar-refractivity contribution in [2.45, 2.75) is 10.9 Å². The molecule has 9 nitrogen and oxygen atoms in total. The molecular formula is C16H18N4O5S. The van der Waals surface area contributed by atoms with Crippen LogP contribution in [-0.4, -0.2) is 40.9 Å². The quantitative estimate of drug-likeness (QED) is 0.732. The molecule has 0 saturated carbocycles. The van der Waals surface area contributed by atoms with Crippen LogP contribution in [0.1, 0.15) is 11.6 Å². The first-order valence-corrected chi connectivity index (χ1v) is 9.30. The summed E-state index contributed by atoms with van der Waals surface area (Å²) in [6, 6.07) is 7.37. The van der Waals surface area contributed by atoms with Gasteiger partial charge >= 0.3 is 5.69 Å². The normalized spacial score (nSPS) is 18.5. The number of nitrogens with one attached hydrogen (secondary N) is 1. The van der Waals surface area contributed by atoms with E-state index in [9.17, 15) is 22.8 Å². The van der Waals surface area contributed by atoms with Gasteiger partial charge in [0.25, 0.3) is 15.6 Å². The summed E-state index contributed by atoms with van der Waals surface area (Å²) >= 11 is 0. The predicted octanol–water partition coefficient (Wildman–Crippen LogP) is -1.05. The van der Waals surface area contributed by atoms with Gasteiger partial charge in [0.1, 0.15) is 6.04 Å². The van der Waals surface area contributed by atoms with Crippen LogP contribution >= 0.6 is 0 Å². The molecule has 1 saturated heterocycles. The summed E-state index contributed by atoms with van der Waals surface area (Å²) in [4.78, 5) is 36.1. The number of sulfonamides is 1. The van der Waals surface area contributed by atoms with Crippen LogP contribution in [0.15, 0.2) is 51.0 Å². The molecule has 1 aromatic heterocycles. The number of nitrogens with zero attached hydrogens (tertiary/aromatic N) is 3. The van der Waals surface area contributed by atoms with Crippen LogP contribution in [0.5, 0.6) is 0 Å². The summed E-state index contributed by atoms with van der Waals surface area (Å²) in [6.45, 7) is 0.146. The molecule has 0 bridgehead atoms. The Morgan fingerprint density at radius 1 is 1.08 bits per heavy atom. The minimum atomic E-state index is -4.31. The molecule has 2 heterocycles. The number of hydrogen-bond donors (Lipinski definition) is 1. The summed E-state index contributed by atoms with van der Waals surface area (Å²) in [5.74, 6) is -0.465. The van der Waals surface area contributed by atoms with Gasteiger partial charge in [-0.3, -0.25) is 14.2 Å². The topological polar surface area (TPSA) is 110 Å². The molecular weight excluding hydrogens is 360 g/mol. The van der Waals surface area contributed by atoms with Crippen LogP contribution in [0.2, 0.25) is 0 Å². The fourth-order valence-corrected chi connectivity index (χ4v) is 4.66. The maximum atomic E-state index is 13.2. The highest BCUT2D eigenvalue weighted by Crippen LogP contribution is 2.28. The largest absolute Gasteiger partial charge is 0.353 e. The van der Waals surface area contributed by atoms with E-state index in [0.717, 1.165) is 19.6 Å². The van der Waals surface area contributed by atoms with Crippen molar-refractivity contribution in [3.63, 3.8) is 0 Å². The highest BCUT2D eigenvalue weighted by Gasteiger charge is 2.41. The van der Waals surface area contributed by atoms with Gasteiger partial charge in [0.15, 0.2) is 4.90 Å². The minimum absolute atomic E-state index is 0.0135. The second-order valence-electron chi connectivity index (χ2n) is 5.97. The second kappa shape index (κ2) is 6.54.